The summed E-state index contributed by atoms with van der Waals surface area (Å²) in [5, 5.41) is 17.2. The van der Waals surface area contributed by atoms with E-state index in [1.807, 2.05) is 0 Å². The number of thioether (sulfide) groups is 1. The van der Waals surface area contributed by atoms with Crippen molar-refractivity contribution in [1.29, 1.82) is 0 Å². The van der Waals surface area contributed by atoms with Gasteiger partial charge in [-0.3, -0.25) is 0 Å². The Balaban J connectivity index is 2.69. The number of benzene rings is 1. The summed E-state index contributed by atoms with van der Waals surface area (Å²) in [6, 6.07) is 5.78. The van der Waals surface area contributed by atoms with E-state index < -0.39 is 11.5 Å². The van der Waals surface area contributed by atoms with Crippen LogP contribution in [0.4, 0.5) is 4.39 Å². The topological polar surface area (TPSA) is 57.5 Å². The third-order valence-electron chi connectivity index (χ3n) is 1.25. The molecule has 0 spiro atoms. The van der Waals surface area contributed by atoms with Crippen LogP contribution < -0.4 is 0 Å². The van der Waals surface area contributed by atoms with E-state index in [-0.39, 0.29) is 5.75 Å². The van der Waals surface area contributed by atoms with Crippen molar-refractivity contribution >= 4 is 17.7 Å². The summed E-state index contributed by atoms with van der Waals surface area (Å²) in [7, 11) is 0. The Hall–Kier alpha value is -1.23. The summed E-state index contributed by atoms with van der Waals surface area (Å²) in [6.07, 6.45) is 0. The maximum atomic E-state index is 12.6. The number of carbonyl (C=O) groups is 1. The van der Waals surface area contributed by atoms with Crippen molar-refractivity contribution < 1.29 is 19.4 Å². The Kier molecular flexibility index (Phi) is 3.13. The minimum absolute atomic E-state index is 0.0115. The fourth-order valence-electron chi connectivity index (χ4n) is 0.727. The van der Waals surface area contributed by atoms with Crippen LogP contribution in [0.1, 0.15) is 0 Å². The second kappa shape index (κ2) is 4.13. The Labute approximate surface area is 78.2 Å². The fourth-order valence-corrected chi connectivity index (χ4v) is 1.41. The van der Waals surface area contributed by atoms with E-state index >= 15 is 0 Å². The van der Waals surface area contributed by atoms with Crippen LogP contribution in [-0.4, -0.2) is 21.7 Å². The molecule has 0 amide bonds. The van der Waals surface area contributed by atoms with Crippen molar-refractivity contribution in [2.24, 2.45) is 0 Å². The van der Waals surface area contributed by atoms with Crippen LogP contribution in [0.15, 0.2) is 29.2 Å². The molecule has 0 radical (unpaired) electrons. The average Bonchev–Trinajstić information content (AvgIpc) is 2.04. The minimum atomic E-state index is -2.00. The predicted octanol–water partition coefficient (Wildman–Crippen LogP) is 1.86. The van der Waals surface area contributed by atoms with E-state index in [9.17, 15) is 9.18 Å². The van der Waals surface area contributed by atoms with E-state index in [0.717, 1.165) is 0 Å². The second-order valence-electron chi connectivity index (χ2n) is 2.27. The number of halogens is 1. The number of aliphatic carboxylic acids is 1. The van der Waals surface area contributed by atoms with Gasteiger partial charge in [-0.25, -0.2) is 9.18 Å². The van der Waals surface area contributed by atoms with Gasteiger partial charge < -0.3 is 10.2 Å². The van der Waals surface area contributed by atoms with E-state index in [4.69, 9.17) is 10.2 Å². The molecular weight excluding hydrogens is 195 g/mol. The van der Waals surface area contributed by atoms with Gasteiger partial charge in [-0.05, 0) is 18.2 Å². The first-order valence-electron chi connectivity index (χ1n) is 3.42. The minimum Gasteiger partial charge on any atom is -0.508 e. The first-order chi connectivity index (χ1) is 6.09. The highest BCUT2D eigenvalue weighted by Gasteiger charge is 2.16. The van der Waals surface area contributed by atoms with Crippen molar-refractivity contribution in [3.05, 3.63) is 24.3 Å². The first-order valence-corrected chi connectivity index (χ1v) is 4.30. The van der Waals surface area contributed by atoms with Crippen LogP contribution in [0, 0.1) is 0 Å². The molecule has 1 atom stereocenters. The van der Waals surface area contributed by atoms with Crippen molar-refractivity contribution in [1.82, 2.24) is 0 Å². The van der Waals surface area contributed by atoms with Crippen molar-refractivity contribution in [3.63, 3.8) is 0 Å². The van der Waals surface area contributed by atoms with Crippen LogP contribution in [0.2, 0.25) is 0 Å². The van der Waals surface area contributed by atoms with Crippen LogP contribution in [0.25, 0.3) is 0 Å². The maximum Gasteiger partial charge on any atom is 0.349 e. The number of alkyl halides is 1. The van der Waals surface area contributed by atoms with Crippen LogP contribution in [-0.2, 0) is 4.79 Å². The third kappa shape index (κ3) is 2.95. The predicted molar refractivity (Wildman–Crippen MR) is 46.5 cm³/mol. The van der Waals surface area contributed by atoms with Gasteiger partial charge in [-0.15, -0.1) is 0 Å². The molecule has 3 nitrogen and oxygen atoms in total. The van der Waals surface area contributed by atoms with Gasteiger partial charge in [-0.1, -0.05) is 17.8 Å². The van der Waals surface area contributed by atoms with E-state index in [1.54, 1.807) is 0 Å². The normalized spacial score (nSPS) is 12.4. The summed E-state index contributed by atoms with van der Waals surface area (Å²) < 4.78 is 12.6. The van der Waals surface area contributed by atoms with Gasteiger partial charge in [0.2, 0.25) is 5.50 Å². The summed E-state index contributed by atoms with van der Waals surface area (Å²) in [5.74, 6) is -1.53. The Morgan fingerprint density at radius 2 is 2.23 bits per heavy atom. The summed E-state index contributed by atoms with van der Waals surface area (Å²) in [6.45, 7) is 0. The summed E-state index contributed by atoms with van der Waals surface area (Å²) in [5.41, 5.74) is -2.00. The highest BCUT2D eigenvalue weighted by Crippen LogP contribution is 2.26. The quantitative estimate of drug-likeness (QED) is 0.734. The number of hydrogen-bond acceptors (Lipinski definition) is 3. The maximum absolute atomic E-state index is 12.6. The molecule has 0 aliphatic heterocycles. The number of hydrogen-bond donors (Lipinski definition) is 2. The molecule has 0 saturated carbocycles. The molecule has 5 heteroatoms. The van der Waals surface area contributed by atoms with Gasteiger partial charge in [0, 0.05) is 4.90 Å². The molecule has 1 unspecified atom stereocenters. The molecule has 1 aromatic rings. The Morgan fingerprint density at radius 3 is 2.77 bits per heavy atom. The number of carboxylic acid groups (broad SMARTS) is 1. The van der Waals surface area contributed by atoms with Gasteiger partial charge in [0.1, 0.15) is 5.75 Å². The van der Waals surface area contributed by atoms with E-state index in [1.165, 1.54) is 24.3 Å². The standard InChI is InChI=1S/C8H7FO3S/c9-7(8(11)12)13-6-3-1-2-5(10)4-6/h1-4,7,10H,(H,11,12). The molecule has 0 heterocycles. The molecule has 0 fully saturated rings. The molecule has 0 aliphatic carbocycles. The van der Waals surface area contributed by atoms with E-state index in [2.05, 4.69) is 0 Å². The van der Waals surface area contributed by atoms with Gasteiger partial charge in [0.15, 0.2) is 0 Å². The number of phenolic OH excluding ortho intramolecular Hbond substituents is 1. The molecule has 0 aromatic heterocycles. The number of carboxylic acids is 1. The molecule has 13 heavy (non-hydrogen) atoms. The van der Waals surface area contributed by atoms with Gasteiger partial charge in [0.25, 0.3) is 0 Å². The van der Waals surface area contributed by atoms with Crippen LogP contribution >= 0.6 is 11.8 Å². The average molecular weight is 202 g/mol. The zero-order valence-electron chi connectivity index (χ0n) is 6.48. The fraction of sp³-hybridized carbons (Fsp3) is 0.125. The van der Waals surface area contributed by atoms with Crippen molar-refractivity contribution in [2.45, 2.75) is 10.4 Å². The molecule has 0 aliphatic rings. The molecule has 0 saturated heterocycles. The first kappa shape index (κ1) is 9.85. The monoisotopic (exact) mass is 202 g/mol. The lowest BCUT2D eigenvalue weighted by atomic mass is 10.3. The summed E-state index contributed by atoms with van der Waals surface area (Å²) in [4.78, 5) is 10.5. The molecule has 1 aromatic carbocycles. The zero-order chi connectivity index (χ0) is 9.84. The van der Waals surface area contributed by atoms with Crippen molar-refractivity contribution in [3.8, 4) is 5.75 Å². The smallest absolute Gasteiger partial charge is 0.349 e. The molecule has 2 N–H and O–H groups in total. The number of phenols is 1. The highest BCUT2D eigenvalue weighted by molar-refractivity contribution is 8.00. The zero-order valence-corrected chi connectivity index (χ0v) is 7.29. The largest absolute Gasteiger partial charge is 0.508 e. The van der Waals surface area contributed by atoms with Crippen LogP contribution in [0.5, 0.6) is 5.75 Å². The Bertz CT molecular complexity index is 316. The molecular formula is C8H7FO3S. The third-order valence-corrected chi connectivity index (χ3v) is 2.19. The lowest BCUT2D eigenvalue weighted by Gasteiger charge is -2.02. The van der Waals surface area contributed by atoms with E-state index in [0.29, 0.717) is 16.7 Å². The van der Waals surface area contributed by atoms with Gasteiger partial charge >= 0.3 is 5.97 Å². The SMILES string of the molecule is O=C(O)C(F)Sc1cccc(O)c1. The van der Waals surface area contributed by atoms with Crippen molar-refractivity contribution in [2.75, 3.05) is 0 Å². The summed E-state index contributed by atoms with van der Waals surface area (Å²) >= 11 is 0.540. The highest BCUT2D eigenvalue weighted by atomic mass is 32.2. The van der Waals surface area contributed by atoms with Gasteiger partial charge in [0.05, 0.1) is 0 Å². The second-order valence-corrected chi connectivity index (χ2v) is 3.39. The molecule has 0 bridgehead atoms. The lowest BCUT2D eigenvalue weighted by molar-refractivity contribution is -0.139. The Morgan fingerprint density at radius 1 is 1.54 bits per heavy atom. The lowest BCUT2D eigenvalue weighted by Crippen LogP contribution is -2.09. The number of aromatic hydroxyl groups is 1. The van der Waals surface area contributed by atoms with Gasteiger partial charge in [-0.2, -0.15) is 0 Å². The molecule has 1 rings (SSSR count). The van der Waals surface area contributed by atoms with Crippen LogP contribution in [0.3, 0.4) is 0 Å². The molecule has 70 valence electrons. The number of rotatable bonds is 3.